The van der Waals surface area contributed by atoms with Gasteiger partial charge in [0.15, 0.2) is 0 Å². The lowest BCUT2D eigenvalue weighted by atomic mass is 9.75. The number of halogens is 1. The molecule has 0 aromatic heterocycles. The molecule has 0 bridgehead atoms. The summed E-state index contributed by atoms with van der Waals surface area (Å²) in [7, 11) is 0. The van der Waals surface area contributed by atoms with E-state index in [-0.39, 0.29) is 0 Å². The number of thioether (sulfide) groups is 1. The van der Waals surface area contributed by atoms with Crippen molar-refractivity contribution in [1.82, 2.24) is 5.32 Å². The Hall–Kier alpha value is -0.180. The van der Waals surface area contributed by atoms with Crippen LogP contribution in [-0.2, 0) is 0 Å². The molecule has 0 radical (unpaired) electrons. The van der Waals surface area contributed by atoms with Crippen LogP contribution in [0.5, 0.6) is 0 Å². The molecule has 1 saturated carbocycles. The van der Waals surface area contributed by atoms with Crippen molar-refractivity contribution in [2.24, 2.45) is 0 Å². The summed E-state index contributed by atoms with van der Waals surface area (Å²) in [5.41, 5.74) is 1.45. The topological polar surface area (TPSA) is 12.0 Å². The van der Waals surface area contributed by atoms with E-state index in [1.807, 2.05) is 12.1 Å². The van der Waals surface area contributed by atoms with Crippen molar-refractivity contribution >= 4 is 23.4 Å². The van der Waals surface area contributed by atoms with Crippen LogP contribution in [0.1, 0.15) is 37.2 Å². The highest BCUT2D eigenvalue weighted by Gasteiger charge is 2.31. The molecule has 1 aliphatic carbocycles. The summed E-state index contributed by atoms with van der Waals surface area (Å²) in [6.45, 7) is 0. The number of hydrogen-bond donors (Lipinski definition) is 1. The van der Waals surface area contributed by atoms with E-state index >= 15 is 0 Å². The zero-order chi connectivity index (χ0) is 12.4. The summed E-state index contributed by atoms with van der Waals surface area (Å²) in [6.07, 6.45) is 5.34. The molecule has 1 atom stereocenters. The first kappa shape index (κ1) is 12.8. The second-order valence-corrected chi connectivity index (χ2v) is 7.08. The number of nitrogens with one attached hydrogen (secondary N) is 1. The van der Waals surface area contributed by atoms with Crippen LogP contribution in [-0.4, -0.2) is 23.6 Å². The van der Waals surface area contributed by atoms with Gasteiger partial charge in [-0.15, -0.1) is 0 Å². The maximum absolute atomic E-state index is 5.92. The van der Waals surface area contributed by atoms with E-state index in [1.165, 1.54) is 42.8 Å². The Bertz CT molecular complexity index is 380. The standard InChI is InChI=1S/C15H20ClNS/c16-13-5-3-11(4-6-13)12-8-15(9-12)17-14-2-1-7-18-10-14/h3-6,12,14-15,17H,1-2,7-10H2. The predicted molar refractivity (Wildman–Crippen MR) is 80.7 cm³/mol. The van der Waals surface area contributed by atoms with Crippen LogP contribution in [0.25, 0.3) is 0 Å². The molecule has 18 heavy (non-hydrogen) atoms. The van der Waals surface area contributed by atoms with Crippen molar-refractivity contribution < 1.29 is 0 Å². The van der Waals surface area contributed by atoms with E-state index in [9.17, 15) is 0 Å². The molecule has 3 rings (SSSR count). The summed E-state index contributed by atoms with van der Waals surface area (Å²) >= 11 is 8.02. The minimum atomic E-state index is 0.745. The van der Waals surface area contributed by atoms with Gasteiger partial charge in [0, 0.05) is 22.9 Å². The van der Waals surface area contributed by atoms with Crippen LogP contribution in [0.2, 0.25) is 5.02 Å². The normalized spacial score (nSPS) is 31.9. The smallest absolute Gasteiger partial charge is 0.0406 e. The molecule has 3 heteroatoms. The quantitative estimate of drug-likeness (QED) is 0.896. The average Bonchev–Trinajstić information content (AvgIpc) is 2.36. The Kier molecular flexibility index (Phi) is 4.17. The lowest BCUT2D eigenvalue weighted by Gasteiger charge is -2.39. The van der Waals surface area contributed by atoms with E-state index < -0.39 is 0 Å². The molecule has 2 aliphatic rings. The van der Waals surface area contributed by atoms with E-state index in [2.05, 4.69) is 29.2 Å². The Labute approximate surface area is 119 Å². The lowest BCUT2D eigenvalue weighted by molar-refractivity contribution is 0.265. The summed E-state index contributed by atoms with van der Waals surface area (Å²) in [4.78, 5) is 0. The summed E-state index contributed by atoms with van der Waals surface area (Å²) in [6, 6.07) is 9.89. The van der Waals surface area contributed by atoms with Crippen molar-refractivity contribution in [1.29, 1.82) is 0 Å². The first-order chi connectivity index (χ1) is 8.81. The zero-order valence-electron chi connectivity index (χ0n) is 10.6. The van der Waals surface area contributed by atoms with Gasteiger partial charge in [-0.3, -0.25) is 0 Å². The van der Waals surface area contributed by atoms with Gasteiger partial charge in [-0.25, -0.2) is 0 Å². The molecule has 1 heterocycles. The summed E-state index contributed by atoms with van der Waals surface area (Å²) in [5.74, 6) is 3.41. The van der Waals surface area contributed by atoms with Crippen LogP contribution < -0.4 is 5.32 Å². The van der Waals surface area contributed by atoms with E-state index in [0.717, 1.165) is 23.0 Å². The van der Waals surface area contributed by atoms with Gasteiger partial charge >= 0.3 is 0 Å². The fourth-order valence-electron chi connectivity index (χ4n) is 2.97. The van der Waals surface area contributed by atoms with E-state index in [0.29, 0.717) is 0 Å². The summed E-state index contributed by atoms with van der Waals surface area (Å²) in [5, 5.41) is 4.66. The summed E-state index contributed by atoms with van der Waals surface area (Å²) < 4.78 is 0. The third-order valence-corrected chi connectivity index (χ3v) is 5.58. The number of benzene rings is 1. The lowest BCUT2D eigenvalue weighted by Crippen LogP contribution is -2.47. The molecule has 98 valence electrons. The van der Waals surface area contributed by atoms with Crippen molar-refractivity contribution in [3.8, 4) is 0 Å². The highest BCUT2D eigenvalue weighted by Crippen LogP contribution is 2.37. The number of hydrogen-bond acceptors (Lipinski definition) is 2. The van der Waals surface area contributed by atoms with Crippen molar-refractivity contribution in [3.05, 3.63) is 34.9 Å². The molecule has 2 fully saturated rings. The Morgan fingerprint density at radius 1 is 1.11 bits per heavy atom. The fraction of sp³-hybridized carbons (Fsp3) is 0.600. The fourth-order valence-corrected chi connectivity index (χ4v) is 4.18. The average molecular weight is 282 g/mol. The van der Waals surface area contributed by atoms with Gasteiger partial charge in [0.1, 0.15) is 0 Å². The highest BCUT2D eigenvalue weighted by molar-refractivity contribution is 7.99. The van der Waals surface area contributed by atoms with Gasteiger partial charge in [0.25, 0.3) is 0 Å². The minimum Gasteiger partial charge on any atom is -0.310 e. The largest absolute Gasteiger partial charge is 0.310 e. The molecular weight excluding hydrogens is 262 g/mol. The zero-order valence-corrected chi connectivity index (χ0v) is 12.1. The molecule has 1 aliphatic heterocycles. The molecule has 1 saturated heterocycles. The second-order valence-electron chi connectivity index (χ2n) is 5.50. The van der Waals surface area contributed by atoms with Gasteiger partial charge in [0.05, 0.1) is 0 Å². The van der Waals surface area contributed by atoms with E-state index in [4.69, 9.17) is 11.6 Å². The second kappa shape index (κ2) is 5.85. The predicted octanol–water partition coefficient (Wildman–Crippen LogP) is 4.07. The third-order valence-electron chi connectivity index (χ3n) is 4.11. The first-order valence-electron chi connectivity index (χ1n) is 6.90. The Balaban J connectivity index is 1.46. The molecule has 1 aromatic rings. The van der Waals surface area contributed by atoms with Crippen LogP contribution in [0.4, 0.5) is 0 Å². The molecule has 1 unspecified atom stereocenters. The monoisotopic (exact) mass is 281 g/mol. The Morgan fingerprint density at radius 2 is 1.89 bits per heavy atom. The maximum Gasteiger partial charge on any atom is 0.0406 e. The van der Waals surface area contributed by atoms with E-state index in [1.54, 1.807) is 0 Å². The van der Waals surface area contributed by atoms with Gasteiger partial charge in [0.2, 0.25) is 0 Å². The Morgan fingerprint density at radius 3 is 2.56 bits per heavy atom. The van der Waals surface area contributed by atoms with Crippen LogP contribution in [0.15, 0.2) is 24.3 Å². The first-order valence-corrected chi connectivity index (χ1v) is 8.44. The molecule has 1 aromatic carbocycles. The third kappa shape index (κ3) is 3.04. The molecule has 1 nitrogen and oxygen atoms in total. The SMILES string of the molecule is Clc1ccc(C2CC(NC3CCCSC3)C2)cc1. The highest BCUT2D eigenvalue weighted by atomic mass is 35.5. The molecular formula is C15H20ClNS. The molecule has 1 N–H and O–H groups in total. The minimum absolute atomic E-state index is 0.745. The van der Waals surface area contributed by atoms with Crippen LogP contribution in [0, 0.1) is 0 Å². The number of rotatable bonds is 3. The molecule has 0 amide bonds. The van der Waals surface area contributed by atoms with Crippen molar-refractivity contribution in [2.45, 2.75) is 43.7 Å². The van der Waals surface area contributed by atoms with Crippen molar-refractivity contribution in [2.75, 3.05) is 11.5 Å². The van der Waals surface area contributed by atoms with Crippen LogP contribution >= 0.6 is 23.4 Å². The van der Waals surface area contributed by atoms with Gasteiger partial charge < -0.3 is 5.32 Å². The molecule has 0 spiro atoms. The van der Waals surface area contributed by atoms with Crippen LogP contribution in [0.3, 0.4) is 0 Å². The maximum atomic E-state index is 5.92. The van der Waals surface area contributed by atoms with Gasteiger partial charge in [-0.1, -0.05) is 23.7 Å². The van der Waals surface area contributed by atoms with Crippen molar-refractivity contribution in [3.63, 3.8) is 0 Å². The van der Waals surface area contributed by atoms with Gasteiger partial charge in [-0.2, -0.15) is 11.8 Å². The van der Waals surface area contributed by atoms with Gasteiger partial charge in [-0.05, 0) is 55.1 Å².